The summed E-state index contributed by atoms with van der Waals surface area (Å²) in [4.78, 5) is 13.2. The van der Waals surface area contributed by atoms with E-state index in [1.165, 1.54) is 6.07 Å². The van der Waals surface area contributed by atoms with Crippen LogP contribution in [0.2, 0.25) is 5.02 Å². The van der Waals surface area contributed by atoms with Gasteiger partial charge in [0.2, 0.25) is 0 Å². The highest BCUT2D eigenvalue weighted by atomic mass is 35.5. The minimum atomic E-state index is -0.883. The van der Waals surface area contributed by atoms with E-state index >= 15 is 0 Å². The Morgan fingerprint density at radius 2 is 2.33 bits per heavy atom. The second kappa shape index (κ2) is 6.73. The zero-order valence-corrected chi connectivity index (χ0v) is 12.9. The third kappa shape index (κ3) is 3.54. The first-order valence-corrected chi connectivity index (χ1v) is 7.49. The minimum absolute atomic E-state index is 0.0170. The second-order valence-electron chi connectivity index (χ2n) is 5.37. The molecule has 1 saturated heterocycles. The SMILES string of the molecule is CCN1CCC(NC(C)C(=O)O)C1c1ccc(Cl)c(F)c1. The lowest BCUT2D eigenvalue weighted by atomic mass is 9.99. The molecule has 0 saturated carbocycles. The van der Waals surface area contributed by atoms with Gasteiger partial charge >= 0.3 is 5.97 Å². The topological polar surface area (TPSA) is 52.6 Å². The van der Waals surface area contributed by atoms with E-state index in [-0.39, 0.29) is 17.1 Å². The van der Waals surface area contributed by atoms with Gasteiger partial charge in [0, 0.05) is 12.6 Å². The van der Waals surface area contributed by atoms with Crippen LogP contribution >= 0.6 is 11.6 Å². The molecular weight excluding hydrogens is 295 g/mol. The molecule has 0 aromatic heterocycles. The number of likely N-dealkylation sites (N-methyl/N-ethyl adjacent to an activating group) is 1. The molecule has 1 aromatic carbocycles. The fraction of sp³-hybridized carbons (Fsp3) is 0.533. The van der Waals surface area contributed by atoms with Gasteiger partial charge in [-0.05, 0) is 37.6 Å². The number of hydrogen-bond donors (Lipinski definition) is 2. The lowest BCUT2D eigenvalue weighted by Gasteiger charge is -2.29. The molecule has 1 fully saturated rings. The normalized spacial score (nSPS) is 24.2. The maximum Gasteiger partial charge on any atom is 0.320 e. The van der Waals surface area contributed by atoms with Gasteiger partial charge in [-0.3, -0.25) is 15.0 Å². The highest BCUT2D eigenvalue weighted by Crippen LogP contribution is 2.33. The Bertz CT molecular complexity index is 526. The molecule has 0 spiro atoms. The average Bonchev–Trinajstić information content (AvgIpc) is 2.84. The molecule has 2 N–H and O–H groups in total. The summed E-state index contributed by atoms with van der Waals surface area (Å²) in [5, 5.41) is 12.3. The fourth-order valence-electron chi connectivity index (χ4n) is 2.92. The van der Waals surface area contributed by atoms with Gasteiger partial charge in [-0.2, -0.15) is 0 Å². The molecule has 21 heavy (non-hydrogen) atoms. The minimum Gasteiger partial charge on any atom is -0.480 e. The maximum absolute atomic E-state index is 13.7. The third-order valence-electron chi connectivity index (χ3n) is 4.03. The van der Waals surface area contributed by atoms with Crippen LogP contribution in [0.15, 0.2) is 18.2 Å². The quantitative estimate of drug-likeness (QED) is 0.877. The Kier molecular flexibility index (Phi) is 5.19. The van der Waals surface area contributed by atoms with Crippen molar-refractivity contribution in [3.05, 3.63) is 34.6 Å². The Labute approximate surface area is 128 Å². The van der Waals surface area contributed by atoms with Crippen LogP contribution < -0.4 is 5.32 Å². The van der Waals surface area contributed by atoms with Crippen LogP contribution in [0.25, 0.3) is 0 Å². The largest absolute Gasteiger partial charge is 0.480 e. The van der Waals surface area contributed by atoms with Crippen molar-refractivity contribution >= 4 is 17.6 Å². The number of carboxylic acid groups (broad SMARTS) is 1. The Morgan fingerprint density at radius 3 is 2.90 bits per heavy atom. The predicted molar refractivity (Wildman–Crippen MR) is 80.0 cm³/mol. The Morgan fingerprint density at radius 1 is 1.62 bits per heavy atom. The average molecular weight is 315 g/mol. The Hall–Kier alpha value is -1.17. The Balaban J connectivity index is 2.25. The van der Waals surface area contributed by atoms with E-state index in [4.69, 9.17) is 16.7 Å². The highest BCUT2D eigenvalue weighted by molar-refractivity contribution is 6.30. The molecular formula is C15H20ClFN2O2. The van der Waals surface area contributed by atoms with Crippen molar-refractivity contribution in [2.45, 2.75) is 38.4 Å². The second-order valence-corrected chi connectivity index (χ2v) is 5.78. The third-order valence-corrected chi connectivity index (χ3v) is 4.33. The van der Waals surface area contributed by atoms with Gasteiger partial charge in [-0.15, -0.1) is 0 Å². The van der Waals surface area contributed by atoms with Gasteiger partial charge < -0.3 is 5.11 Å². The van der Waals surface area contributed by atoms with E-state index in [0.29, 0.717) is 0 Å². The van der Waals surface area contributed by atoms with E-state index in [9.17, 15) is 9.18 Å². The van der Waals surface area contributed by atoms with Crippen molar-refractivity contribution in [3.63, 3.8) is 0 Å². The summed E-state index contributed by atoms with van der Waals surface area (Å²) < 4.78 is 13.7. The highest BCUT2D eigenvalue weighted by Gasteiger charge is 2.36. The number of likely N-dealkylation sites (tertiary alicyclic amines) is 1. The van der Waals surface area contributed by atoms with E-state index in [1.807, 2.05) is 13.0 Å². The molecule has 3 unspecified atom stereocenters. The lowest BCUT2D eigenvalue weighted by molar-refractivity contribution is -0.139. The summed E-state index contributed by atoms with van der Waals surface area (Å²) in [6, 6.07) is 4.12. The van der Waals surface area contributed by atoms with Gasteiger partial charge in [0.1, 0.15) is 11.9 Å². The van der Waals surface area contributed by atoms with Crippen molar-refractivity contribution in [1.82, 2.24) is 10.2 Å². The van der Waals surface area contributed by atoms with Crippen LogP contribution in [-0.2, 0) is 4.79 Å². The lowest BCUT2D eigenvalue weighted by Crippen LogP contribution is -2.44. The number of nitrogens with zero attached hydrogens (tertiary/aromatic N) is 1. The van der Waals surface area contributed by atoms with Crippen LogP contribution in [0.3, 0.4) is 0 Å². The smallest absolute Gasteiger partial charge is 0.320 e. The molecule has 3 atom stereocenters. The zero-order chi connectivity index (χ0) is 15.6. The number of benzene rings is 1. The van der Waals surface area contributed by atoms with Gasteiger partial charge in [0.05, 0.1) is 11.1 Å². The molecule has 1 aliphatic rings. The molecule has 4 nitrogen and oxygen atoms in total. The predicted octanol–water partition coefficient (Wildman–Crippen LogP) is 2.68. The summed E-state index contributed by atoms with van der Waals surface area (Å²) in [6.07, 6.45) is 0.834. The standard InChI is InChI=1S/C15H20ClFN2O2/c1-3-19-7-6-13(18-9(2)15(20)21)14(19)10-4-5-11(16)12(17)8-10/h4-5,8-9,13-14,18H,3,6-7H2,1-2H3,(H,20,21). The number of carboxylic acids is 1. The van der Waals surface area contributed by atoms with Gasteiger partial charge in [-0.25, -0.2) is 4.39 Å². The number of aliphatic carboxylic acids is 1. The molecule has 0 aliphatic carbocycles. The first-order chi connectivity index (χ1) is 9.93. The van der Waals surface area contributed by atoms with Crippen LogP contribution in [0.5, 0.6) is 0 Å². The molecule has 0 radical (unpaired) electrons. The fourth-order valence-corrected chi connectivity index (χ4v) is 3.04. The van der Waals surface area contributed by atoms with Gasteiger partial charge in [0.15, 0.2) is 0 Å². The van der Waals surface area contributed by atoms with E-state index in [2.05, 4.69) is 10.2 Å². The number of hydrogen-bond acceptors (Lipinski definition) is 3. The molecule has 0 bridgehead atoms. The number of rotatable bonds is 5. The van der Waals surface area contributed by atoms with Crippen molar-refractivity contribution in [2.75, 3.05) is 13.1 Å². The summed E-state index contributed by atoms with van der Waals surface area (Å²) in [5.74, 6) is -1.33. The van der Waals surface area contributed by atoms with Crippen molar-refractivity contribution in [2.24, 2.45) is 0 Å². The summed E-state index contributed by atoms with van der Waals surface area (Å²) in [5.41, 5.74) is 0.825. The molecule has 2 rings (SSSR count). The van der Waals surface area contributed by atoms with Crippen LogP contribution in [0.4, 0.5) is 4.39 Å². The molecule has 0 amide bonds. The zero-order valence-electron chi connectivity index (χ0n) is 12.1. The van der Waals surface area contributed by atoms with Gasteiger partial charge in [-0.1, -0.05) is 24.6 Å². The number of nitrogens with one attached hydrogen (secondary N) is 1. The van der Waals surface area contributed by atoms with Crippen LogP contribution in [0.1, 0.15) is 31.9 Å². The monoisotopic (exact) mass is 314 g/mol. The van der Waals surface area contributed by atoms with Crippen molar-refractivity contribution in [3.8, 4) is 0 Å². The van der Waals surface area contributed by atoms with E-state index in [1.54, 1.807) is 13.0 Å². The summed E-state index contributed by atoms with van der Waals surface area (Å²) in [6.45, 7) is 5.35. The van der Waals surface area contributed by atoms with Gasteiger partial charge in [0.25, 0.3) is 0 Å². The van der Waals surface area contributed by atoms with Crippen LogP contribution in [-0.4, -0.2) is 41.1 Å². The summed E-state index contributed by atoms with van der Waals surface area (Å²) in [7, 11) is 0. The molecule has 1 heterocycles. The summed E-state index contributed by atoms with van der Waals surface area (Å²) >= 11 is 5.74. The van der Waals surface area contributed by atoms with E-state index < -0.39 is 17.8 Å². The molecule has 6 heteroatoms. The van der Waals surface area contributed by atoms with Crippen molar-refractivity contribution < 1.29 is 14.3 Å². The number of halogens is 2. The maximum atomic E-state index is 13.7. The molecule has 1 aliphatic heterocycles. The first-order valence-electron chi connectivity index (χ1n) is 7.12. The number of carbonyl (C=O) groups is 1. The molecule has 1 aromatic rings. The van der Waals surface area contributed by atoms with Crippen molar-refractivity contribution in [1.29, 1.82) is 0 Å². The molecule has 116 valence electrons. The van der Waals surface area contributed by atoms with E-state index in [0.717, 1.165) is 25.1 Å². The first kappa shape index (κ1) is 16.2. The van der Waals surface area contributed by atoms with Crippen LogP contribution in [0, 0.1) is 5.82 Å².